The molecule has 0 aromatic heterocycles. The molecule has 2 saturated heterocycles. The van der Waals surface area contributed by atoms with E-state index in [9.17, 15) is 9.59 Å². The zero-order valence-electron chi connectivity index (χ0n) is 13.9. The Kier molecular flexibility index (Phi) is 5.69. The molecule has 2 fully saturated rings. The summed E-state index contributed by atoms with van der Waals surface area (Å²) >= 11 is 0. The minimum absolute atomic E-state index is 0.00928. The van der Waals surface area contributed by atoms with Gasteiger partial charge in [-0.05, 0) is 25.0 Å². The number of nitrogens with one attached hydrogen (secondary N) is 1. The summed E-state index contributed by atoms with van der Waals surface area (Å²) in [5.41, 5.74) is 0. The first-order chi connectivity index (χ1) is 11.8. The van der Waals surface area contributed by atoms with Crippen LogP contribution in [0.1, 0.15) is 19.3 Å². The van der Waals surface area contributed by atoms with E-state index in [0.717, 1.165) is 38.2 Å². The van der Waals surface area contributed by atoms with Crippen LogP contribution in [0.2, 0.25) is 0 Å². The van der Waals surface area contributed by atoms with Crippen molar-refractivity contribution in [3.63, 3.8) is 0 Å². The highest BCUT2D eigenvalue weighted by molar-refractivity contribution is 5.88. The molecule has 2 aliphatic rings. The van der Waals surface area contributed by atoms with Gasteiger partial charge in [-0.3, -0.25) is 9.59 Å². The third kappa shape index (κ3) is 4.06. The van der Waals surface area contributed by atoms with Crippen LogP contribution in [0.4, 0.5) is 0 Å². The van der Waals surface area contributed by atoms with Crippen molar-refractivity contribution in [2.45, 2.75) is 25.3 Å². The van der Waals surface area contributed by atoms with E-state index in [1.54, 1.807) is 4.90 Å². The van der Waals surface area contributed by atoms with Crippen LogP contribution in [0.15, 0.2) is 30.3 Å². The predicted octanol–water partition coefficient (Wildman–Crippen LogP) is 0.878. The van der Waals surface area contributed by atoms with E-state index < -0.39 is 0 Å². The van der Waals surface area contributed by atoms with E-state index in [1.165, 1.54) is 0 Å². The molecule has 130 valence electrons. The molecule has 3 rings (SSSR count). The molecule has 2 aliphatic heterocycles. The number of ether oxygens (including phenoxy) is 1. The van der Waals surface area contributed by atoms with Gasteiger partial charge in [-0.15, -0.1) is 0 Å². The highest BCUT2D eigenvalue weighted by Crippen LogP contribution is 2.15. The Morgan fingerprint density at radius 2 is 1.88 bits per heavy atom. The summed E-state index contributed by atoms with van der Waals surface area (Å²) in [5.74, 6) is 0.831. The van der Waals surface area contributed by atoms with Crippen molar-refractivity contribution in [3.8, 4) is 5.75 Å². The lowest BCUT2D eigenvalue weighted by molar-refractivity contribution is -0.146. The van der Waals surface area contributed by atoms with Crippen molar-refractivity contribution < 1.29 is 14.3 Å². The Labute approximate surface area is 142 Å². The van der Waals surface area contributed by atoms with Gasteiger partial charge in [0.05, 0.1) is 13.0 Å². The highest BCUT2D eigenvalue weighted by atomic mass is 16.5. The fourth-order valence-corrected chi connectivity index (χ4v) is 3.29. The molecule has 6 nitrogen and oxygen atoms in total. The summed E-state index contributed by atoms with van der Waals surface area (Å²) < 4.78 is 5.60. The zero-order valence-corrected chi connectivity index (χ0v) is 13.9. The van der Waals surface area contributed by atoms with Crippen molar-refractivity contribution in [2.24, 2.45) is 0 Å². The van der Waals surface area contributed by atoms with Gasteiger partial charge in [-0.25, -0.2) is 0 Å². The van der Waals surface area contributed by atoms with Crippen LogP contribution >= 0.6 is 0 Å². The average Bonchev–Trinajstić information content (AvgIpc) is 3.16. The number of benzene rings is 1. The standard InChI is InChI=1S/C18H25N3O3/c22-17(8-13-24-15-6-2-1-3-7-15)21-12-9-19-14-16(21)18(23)20-10-4-5-11-20/h1-3,6-7,16,19H,4-5,8-14H2/t16-/m1/s1. The second-order valence-corrected chi connectivity index (χ2v) is 6.25. The van der Waals surface area contributed by atoms with E-state index in [0.29, 0.717) is 26.1 Å². The molecule has 6 heteroatoms. The Balaban J connectivity index is 1.54. The van der Waals surface area contributed by atoms with Gasteiger partial charge in [-0.2, -0.15) is 0 Å². The van der Waals surface area contributed by atoms with Crippen molar-refractivity contribution in [3.05, 3.63) is 30.3 Å². The van der Waals surface area contributed by atoms with Crippen LogP contribution in [0.5, 0.6) is 5.75 Å². The smallest absolute Gasteiger partial charge is 0.246 e. The number of rotatable bonds is 5. The van der Waals surface area contributed by atoms with Gasteiger partial charge in [0.25, 0.3) is 0 Å². The maximum Gasteiger partial charge on any atom is 0.246 e. The molecular weight excluding hydrogens is 306 g/mol. The van der Waals surface area contributed by atoms with E-state index in [-0.39, 0.29) is 17.9 Å². The lowest BCUT2D eigenvalue weighted by Gasteiger charge is -2.37. The number of carbonyl (C=O) groups excluding carboxylic acids is 2. The van der Waals surface area contributed by atoms with Crippen molar-refractivity contribution in [2.75, 3.05) is 39.3 Å². The molecule has 1 N–H and O–H groups in total. The summed E-state index contributed by atoms with van der Waals surface area (Å²) in [4.78, 5) is 28.9. The van der Waals surface area contributed by atoms with Crippen LogP contribution in [0, 0.1) is 0 Å². The number of hydrogen-bond acceptors (Lipinski definition) is 4. The molecule has 0 bridgehead atoms. The first-order valence-corrected chi connectivity index (χ1v) is 8.72. The molecule has 1 aromatic carbocycles. The fraction of sp³-hybridized carbons (Fsp3) is 0.556. The van der Waals surface area contributed by atoms with E-state index in [2.05, 4.69) is 5.32 Å². The molecular formula is C18H25N3O3. The van der Waals surface area contributed by atoms with Crippen LogP contribution in [0.25, 0.3) is 0 Å². The Morgan fingerprint density at radius 1 is 1.12 bits per heavy atom. The number of carbonyl (C=O) groups is 2. The maximum atomic E-state index is 12.7. The van der Waals surface area contributed by atoms with Crippen LogP contribution in [-0.2, 0) is 9.59 Å². The number of para-hydroxylation sites is 1. The average molecular weight is 331 g/mol. The van der Waals surface area contributed by atoms with Gasteiger partial charge in [0.15, 0.2) is 0 Å². The first-order valence-electron chi connectivity index (χ1n) is 8.72. The van der Waals surface area contributed by atoms with Crippen LogP contribution in [0.3, 0.4) is 0 Å². The molecule has 0 aliphatic carbocycles. The highest BCUT2D eigenvalue weighted by Gasteiger charge is 2.35. The monoisotopic (exact) mass is 331 g/mol. The molecule has 0 spiro atoms. The molecule has 0 unspecified atom stereocenters. The maximum absolute atomic E-state index is 12.7. The molecule has 0 radical (unpaired) electrons. The van der Waals surface area contributed by atoms with Crippen molar-refractivity contribution in [1.82, 2.24) is 15.1 Å². The van der Waals surface area contributed by atoms with E-state index in [1.807, 2.05) is 35.2 Å². The summed E-state index contributed by atoms with van der Waals surface area (Å²) in [6.07, 6.45) is 2.41. The van der Waals surface area contributed by atoms with Crippen LogP contribution < -0.4 is 10.1 Å². The normalized spacial score (nSPS) is 20.9. The Morgan fingerprint density at radius 3 is 2.62 bits per heavy atom. The van der Waals surface area contributed by atoms with Gasteiger partial charge in [0.1, 0.15) is 11.8 Å². The third-order valence-corrected chi connectivity index (χ3v) is 4.59. The summed E-state index contributed by atoms with van der Waals surface area (Å²) in [6, 6.07) is 9.09. The SMILES string of the molecule is O=C([C@H]1CNCCN1C(=O)CCOc1ccccc1)N1CCCC1. The second kappa shape index (κ2) is 8.15. The summed E-state index contributed by atoms with van der Waals surface area (Å²) in [5, 5.41) is 3.23. The number of amides is 2. The quantitative estimate of drug-likeness (QED) is 0.870. The number of piperazine rings is 1. The number of hydrogen-bond donors (Lipinski definition) is 1. The number of nitrogens with zero attached hydrogens (tertiary/aromatic N) is 2. The fourth-order valence-electron chi connectivity index (χ4n) is 3.29. The predicted molar refractivity (Wildman–Crippen MR) is 90.7 cm³/mol. The molecule has 1 atom stereocenters. The zero-order chi connectivity index (χ0) is 16.8. The number of likely N-dealkylation sites (tertiary alicyclic amines) is 1. The molecule has 24 heavy (non-hydrogen) atoms. The third-order valence-electron chi connectivity index (χ3n) is 4.59. The van der Waals surface area contributed by atoms with Crippen molar-refractivity contribution in [1.29, 1.82) is 0 Å². The van der Waals surface area contributed by atoms with Gasteiger partial charge in [-0.1, -0.05) is 18.2 Å². The topological polar surface area (TPSA) is 61.9 Å². The first kappa shape index (κ1) is 16.8. The lowest BCUT2D eigenvalue weighted by atomic mass is 10.1. The van der Waals surface area contributed by atoms with Crippen molar-refractivity contribution >= 4 is 11.8 Å². The molecule has 2 heterocycles. The minimum atomic E-state index is -0.374. The molecule has 2 amide bonds. The summed E-state index contributed by atoms with van der Waals surface area (Å²) in [7, 11) is 0. The van der Waals surface area contributed by atoms with E-state index >= 15 is 0 Å². The van der Waals surface area contributed by atoms with Crippen LogP contribution in [-0.4, -0.2) is 67.0 Å². The van der Waals surface area contributed by atoms with Gasteiger partial charge < -0.3 is 19.9 Å². The minimum Gasteiger partial charge on any atom is -0.493 e. The lowest BCUT2D eigenvalue weighted by Crippen LogP contribution is -2.60. The Bertz CT molecular complexity index is 558. The van der Waals surface area contributed by atoms with E-state index in [4.69, 9.17) is 4.74 Å². The second-order valence-electron chi connectivity index (χ2n) is 6.25. The largest absolute Gasteiger partial charge is 0.493 e. The summed E-state index contributed by atoms with van der Waals surface area (Å²) in [6.45, 7) is 3.81. The van der Waals surface area contributed by atoms with Gasteiger partial charge >= 0.3 is 0 Å². The van der Waals surface area contributed by atoms with Gasteiger partial charge in [0.2, 0.25) is 11.8 Å². The molecule has 1 aromatic rings. The Hall–Kier alpha value is -2.08. The van der Waals surface area contributed by atoms with Gasteiger partial charge in [0, 0.05) is 32.7 Å². The molecule has 0 saturated carbocycles.